The summed E-state index contributed by atoms with van der Waals surface area (Å²) < 4.78 is 10.5. The predicted molar refractivity (Wildman–Crippen MR) is 133 cm³/mol. The van der Waals surface area contributed by atoms with E-state index in [-0.39, 0.29) is 34.3 Å². The Morgan fingerprint density at radius 2 is 1.42 bits per heavy atom. The number of rotatable bonds is 13. The number of ketones is 1. The van der Waals surface area contributed by atoms with Gasteiger partial charge in [0.05, 0.1) is 5.56 Å². The third-order valence-electron chi connectivity index (χ3n) is 5.60. The molecule has 36 heavy (non-hydrogen) atoms. The quantitative estimate of drug-likeness (QED) is 0.0736. The molecule has 0 amide bonds. The lowest BCUT2D eigenvalue weighted by Gasteiger charge is -2.15. The molecule has 0 aliphatic heterocycles. The van der Waals surface area contributed by atoms with Crippen LogP contribution in [0.2, 0.25) is 0 Å². The Hall–Kier alpha value is -3.68. The first-order valence-corrected chi connectivity index (χ1v) is 12.4. The molecule has 2 aromatic rings. The number of hydrogen-bond donors (Lipinski definition) is 0. The van der Waals surface area contributed by atoms with E-state index in [4.69, 9.17) is 14.4 Å². The van der Waals surface area contributed by atoms with Crippen molar-refractivity contribution in [1.29, 1.82) is 0 Å². The molecule has 0 saturated carbocycles. The molecule has 8 nitrogen and oxygen atoms in total. The summed E-state index contributed by atoms with van der Waals surface area (Å²) in [6.45, 7) is 5.86. The summed E-state index contributed by atoms with van der Waals surface area (Å²) >= 11 is 0. The number of Topliss-reactive ketones (excluding diaryl/α,β-unsaturated/α-hetero) is 1. The van der Waals surface area contributed by atoms with Crippen LogP contribution in [-0.4, -0.2) is 30.0 Å². The van der Waals surface area contributed by atoms with Gasteiger partial charge in [-0.3, -0.25) is 4.79 Å². The van der Waals surface area contributed by atoms with Crippen LogP contribution in [-0.2, 0) is 14.5 Å². The Labute approximate surface area is 211 Å². The first-order chi connectivity index (χ1) is 17.4. The van der Waals surface area contributed by atoms with Crippen molar-refractivity contribution in [3.05, 3.63) is 65.2 Å². The third kappa shape index (κ3) is 9.17. The maximum Gasteiger partial charge on any atom is 0.514 e. The highest BCUT2D eigenvalue weighted by molar-refractivity contribution is 6.01. The second kappa shape index (κ2) is 15.3. The molecule has 0 fully saturated rings. The van der Waals surface area contributed by atoms with Crippen molar-refractivity contribution < 1.29 is 38.4 Å². The number of benzene rings is 2. The SMILES string of the molecule is CCCCCCCC(=O)c1ccc(OC(=O)OC(CC)CC)c(C(=O)OOC(=O)c2ccccc2)c1. The zero-order valence-electron chi connectivity index (χ0n) is 21.1. The largest absolute Gasteiger partial charge is 0.514 e. The van der Waals surface area contributed by atoms with Gasteiger partial charge in [0.15, 0.2) is 5.78 Å². The van der Waals surface area contributed by atoms with Crippen LogP contribution in [0.1, 0.15) is 103 Å². The molecule has 0 spiro atoms. The smallest absolute Gasteiger partial charge is 0.431 e. The Morgan fingerprint density at radius 1 is 0.750 bits per heavy atom. The summed E-state index contributed by atoms with van der Waals surface area (Å²) in [5, 5.41) is 0. The van der Waals surface area contributed by atoms with Crippen LogP contribution in [0.3, 0.4) is 0 Å². The molecular formula is C28H34O8. The van der Waals surface area contributed by atoms with E-state index in [9.17, 15) is 19.2 Å². The lowest BCUT2D eigenvalue weighted by Crippen LogP contribution is -2.21. The van der Waals surface area contributed by atoms with Gasteiger partial charge in [0, 0.05) is 12.0 Å². The lowest BCUT2D eigenvalue weighted by atomic mass is 10.0. The fraction of sp³-hybridized carbons (Fsp3) is 0.429. The summed E-state index contributed by atoms with van der Waals surface area (Å²) in [7, 11) is 0. The highest BCUT2D eigenvalue weighted by Crippen LogP contribution is 2.24. The van der Waals surface area contributed by atoms with Crippen molar-refractivity contribution in [2.24, 2.45) is 0 Å². The number of unbranched alkanes of at least 4 members (excludes halogenated alkanes) is 4. The predicted octanol–water partition coefficient (Wildman–Crippen LogP) is 6.86. The lowest BCUT2D eigenvalue weighted by molar-refractivity contribution is -0.187. The van der Waals surface area contributed by atoms with Gasteiger partial charge in [0.25, 0.3) is 0 Å². The average Bonchev–Trinajstić information content (AvgIpc) is 2.90. The van der Waals surface area contributed by atoms with Crippen molar-refractivity contribution in [1.82, 2.24) is 0 Å². The molecule has 0 aliphatic rings. The minimum Gasteiger partial charge on any atom is -0.431 e. The van der Waals surface area contributed by atoms with Gasteiger partial charge in [0.1, 0.15) is 17.4 Å². The monoisotopic (exact) mass is 498 g/mol. The van der Waals surface area contributed by atoms with E-state index in [0.717, 1.165) is 32.1 Å². The van der Waals surface area contributed by atoms with Gasteiger partial charge in [0.2, 0.25) is 0 Å². The number of ether oxygens (including phenoxy) is 2. The molecule has 0 aromatic heterocycles. The van der Waals surface area contributed by atoms with Gasteiger partial charge in [-0.25, -0.2) is 24.2 Å². The fourth-order valence-corrected chi connectivity index (χ4v) is 3.43. The van der Waals surface area contributed by atoms with E-state index in [1.165, 1.54) is 30.3 Å². The second-order valence-electron chi connectivity index (χ2n) is 8.31. The summed E-state index contributed by atoms with van der Waals surface area (Å²) in [6, 6.07) is 12.1. The van der Waals surface area contributed by atoms with Gasteiger partial charge in [-0.1, -0.05) is 64.7 Å². The first kappa shape index (κ1) is 28.6. The van der Waals surface area contributed by atoms with Crippen LogP contribution in [0.15, 0.2) is 48.5 Å². The maximum absolute atomic E-state index is 12.8. The normalized spacial score (nSPS) is 10.6. The number of hydrogen-bond acceptors (Lipinski definition) is 8. The molecule has 8 heteroatoms. The zero-order chi connectivity index (χ0) is 26.3. The maximum atomic E-state index is 12.8. The zero-order valence-corrected chi connectivity index (χ0v) is 21.1. The van der Waals surface area contributed by atoms with E-state index in [1.807, 2.05) is 13.8 Å². The van der Waals surface area contributed by atoms with Crippen LogP contribution >= 0.6 is 0 Å². The Bertz CT molecular complexity index is 1010. The Balaban J connectivity index is 2.17. The van der Waals surface area contributed by atoms with Crippen LogP contribution in [0.25, 0.3) is 0 Å². The first-order valence-electron chi connectivity index (χ1n) is 12.4. The average molecular weight is 499 g/mol. The standard InChI is InChI=1S/C28H34O8/c1-4-7-8-9-13-16-24(29)21-17-18-25(34-28(32)33-22(5-2)6-3)23(19-21)27(31)36-35-26(30)20-14-11-10-12-15-20/h10-12,14-15,17-19,22H,4-9,13,16H2,1-3H3. The van der Waals surface area contributed by atoms with Crippen LogP contribution in [0.5, 0.6) is 5.75 Å². The minimum absolute atomic E-state index is 0.159. The molecule has 194 valence electrons. The van der Waals surface area contributed by atoms with Crippen molar-refractivity contribution in [3.8, 4) is 5.75 Å². The Kier molecular flexibility index (Phi) is 12.2. The molecule has 0 aliphatic carbocycles. The van der Waals surface area contributed by atoms with Crippen LogP contribution in [0, 0.1) is 0 Å². The molecule has 0 heterocycles. The van der Waals surface area contributed by atoms with E-state index >= 15 is 0 Å². The van der Waals surface area contributed by atoms with Gasteiger partial charge in [-0.2, -0.15) is 0 Å². The number of carbonyl (C=O) groups excluding carboxylic acids is 4. The van der Waals surface area contributed by atoms with Gasteiger partial charge in [-0.15, -0.1) is 0 Å². The molecule has 0 atom stereocenters. The summed E-state index contributed by atoms with van der Waals surface area (Å²) in [5.74, 6) is -2.31. The van der Waals surface area contributed by atoms with Crippen LogP contribution < -0.4 is 4.74 Å². The summed E-state index contributed by atoms with van der Waals surface area (Å²) in [6.07, 6.45) is 5.13. The topological polar surface area (TPSA) is 105 Å². The van der Waals surface area contributed by atoms with E-state index in [2.05, 4.69) is 11.8 Å². The number of carbonyl (C=O) groups is 4. The van der Waals surface area contributed by atoms with Crippen molar-refractivity contribution in [2.45, 2.75) is 78.2 Å². The molecule has 0 saturated heterocycles. The summed E-state index contributed by atoms with van der Waals surface area (Å²) in [5.41, 5.74) is 0.198. The van der Waals surface area contributed by atoms with Crippen molar-refractivity contribution in [2.75, 3.05) is 0 Å². The van der Waals surface area contributed by atoms with Gasteiger partial charge < -0.3 is 9.47 Å². The molecule has 0 bridgehead atoms. The third-order valence-corrected chi connectivity index (χ3v) is 5.60. The molecular weight excluding hydrogens is 464 g/mol. The van der Waals surface area contributed by atoms with Crippen molar-refractivity contribution in [3.63, 3.8) is 0 Å². The van der Waals surface area contributed by atoms with E-state index in [0.29, 0.717) is 19.3 Å². The van der Waals surface area contributed by atoms with E-state index in [1.54, 1.807) is 18.2 Å². The molecule has 2 rings (SSSR count). The highest BCUT2D eigenvalue weighted by atomic mass is 17.2. The summed E-state index contributed by atoms with van der Waals surface area (Å²) in [4.78, 5) is 59.3. The van der Waals surface area contributed by atoms with Gasteiger partial charge in [-0.05, 0) is 49.6 Å². The molecule has 0 N–H and O–H groups in total. The minimum atomic E-state index is -1.10. The molecule has 2 aromatic carbocycles. The van der Waals surface area contributed by atoms with Gasteiger partial charge >= 0.3 is 18.1 Å². The highest BCUT2D eigenvalue weighted by Gasteiger charge is 2.23. The van der Waals surface area contributed by atoms with Crippen LogP contribution in [0.4, 0.5) is 4.79 Å². The second-order valence-corrected chi connectivity index (χ2v) is 8.31. The fourth-order valence-electron chi connectivity index (χ4n) is 3.43. The van der Waals surface area contributed by atoms with E-state index < -0.39 is 18.1 Å². The molecule has 0 unspecified atom stereocenters. The Morgan fingerprint density at radius 3 is 2.08 bits per heavy atom. The van der Waals surface area contributed by atoms with Crippen molar-refractivity contribution >= 4 is 23.9 Å². The molecule has 0 radical (unpaired) electrons.